The van der Waals surface area contributed by atoms with Crippen LogP contribution in [-0.2, 0) is 13.7 Å². The molecule has 0 atom stereocenters. The first-order chi connectivity index (χ1) is 14.3. The number of benzene rings is 3. The van der Waals surface area contributed by atoms with Crippen LogP contribution in [0.2, 0.25) is 0 Å². The lowest BCUT2D eigenvalue weighted by Gasteiger charge is -2.32. The molecule has 3 aromatic rings. The third kappa shape index (κ3) is 4.27. The van der Waals surface area contributed by atoms with Crippen molar-refractivity contribution in [1.82, 2.24) is 0 Å². The fourth-order valence-corrected chi connectivity index (χ4v) is 3.64. The molecule has 0 aliphatic carbocycles. The molecule has 0 unspecified atom stereocenters. The third-order valence-electron chi connectivity index (χ3n) is 6.15. The summed E-state index contributed by atoms with van der Waals surface area (Å²) in [7, 11) is -1.51. The highest BCUT2D eigenvalue weighted by molar-refractivity contribution is 6.87. The molecular weight excluding hydrogens is 369 g/mol. The summed E-state index contributed by atoms with van der Waals surface area (Å²) in [6.07, 6.45) is 0. The molecule has 150 valence electrons. The van der Waals surface area contributed by atoms with Crippen LogP contribution < -0.4 is 16.4 Å². The molecule has 1 saturated heterocycles. The summed E-state index contributed by atoms with van der Waals surface area (Å²) in [4.78, 5) is 0. The summed E-state index contributed by atoms with van der Waals surface area (Å²) in [5.74, 6) is 0. The molecule has 1 aliphatic rings. The van der Waals surface area contributed by atoms with Crippen molar-refractivity contribution in [3.8, 4) is 0 Å². The fourth-order valence-electron chi connectivity index (χ4n) is 3.64. The van der Waals surface area contributed by atoms with Crippen molar-refractivity contribution in [2.45, 2.75) is 41.5 Å². The second-order valence-corrected chi connectivity index (χ2v) is 8.44. The van der Waals surface area contributed by atoms with E-state index in [9.17, 15) is 0 Å². The summed E-state index contributed by atoms with van der Waals surface area (Å²) >= 11 is 0. The highest BCUT2D eigenvalue weighted by Crippen LogP contribution is 2.14. The van der Waals surface area contributed by atoms with Crippen LogP contribution in [0.3, 0.4) is 0 Å². The van der Waals surface area contributed by atoms with E-state index in [-0.39, 0.29) is 0 Å². The average Bonchev–Trinajstić information content (AvgIpc) is 2.73. The van der Waals surface area contributed by atoms with Gasteiger partial charge in [0.05, 0.1) is 0 Å². The first-order valence-electron chi connectivity index (χ1n) is 10.5. The average molecular weight is 396 g/mol. The fraction of sp³-hybridized carbons (Fsp3) is 0.250. The van der Waals surface area contributed by atoms with Crippen molar-refractivity contribution < 1.29 is 13.7 Å². The standard InChI is InChI=1S/C24H27B3O3/c1-16-7-10-22(13-19(16)4)25-28-26(23-11-8-17(2)20(5)14-23)30-27(29-25)24-12-9-18(3)21(6)15-24/h7-15H,1-6H3. The molecule has 3 nitrogen and oxygen atoms in total. The predicted octanol–water partition coefficient (Wildman–Crippen LogP) is 3.09. The topological polar surface area (TPSA) is 27.7 Å². The SMILES string of the molecule is Cc1ccc(B2OB(c3ccc(C)c(C)c3)OB(c3ccc(C)c(C)c3)O2)cc1C. The van der Waals surface area contributed by atoms with Gasteiger partial charge in [0, 0.05) is 0 Å². The maximum absolute atomic E-state index is 6.31. The van der Waals surface area contributed by atoms with E-state index in [0.29, 0.717) is 0 Å². The van der Waals surface area contributed by atoms with Crippen molar-refractivity contribution in [3.05, 3.63) is 88.0 Å². The van der Waals surface area contributed by atoms with Crippen molar-refractivity contribution in [2.24, 2.45) is 0 Å². The zero-order valence-corrected chi connectivity index (χ0v) is 18.7. The van der Waals surface area contributed by atoms with Crippen LogP contribution in [-0.4, -0.2) is 21.4 Å². The minimum absolute atomic E-state index is 0.503. The minimum Gasteiger partial charge on any atom is -0.445 e. The lowest BCUT2D eigenvalue weighted by molar-refractivity contribution is 0.308. The Bertz CT molecular complexity index is 941. The Kier molecular flexibility index (Phi) is 5.92. The first-order valence-corrected chi connectivity index (χ1v) is 10.5. The summed E-state index contributed by atoms with van der Waals surface area (Å²) in [5, 5.41) is 0. The van der Waals surface area contributed by atoms with Crippen LogP contribution in [0, 0.1) is 41.5 Å². The zero-order valence-electron chi connectivity index (χ0n) is 18.7. The molecule has 0 spiro atoms. The molecule has 0 saturated carbocycles. The van der Waals surface area contributed by atoms with Gasteiger partial charge in [-0.1, -0.05) is 54.6 Å². The van der Waals surface area contributed by atoms with E-state index in [2.05, 4.69) is 96.1 Å². The van der Waals surface area contributed by atoms with Gasteiger partial charge in [0.1, 0.15) is 0 Å². The molecule has 6 heteroatoms. The molecule has 0 radical (unpaired) electrons. The molecule has 1 aliphatic heterocycles. The van der Waals surface area contributed by atoms with Crippen molar-refractivity contribution in [1.29, 1.82) is 0 Å². The van der Waals surface area contributed by atoms with E-state index < -0.39 is 21.4 Å². The Morgan fingerprint density at radius 2 is 0.667 bits per heavy atom. The number of hydrogen-bond acceptors (Lipinski definition) is 3. The van der Waals surface area contributed by atoms with E-state index >= 15 is 0 Å². The van der Waals surface area contributed by atoms with E-state index in [1.807, 2.05) is 0 Å². The molecular formula is C24H27B3O3. The van der Waals surface area contributed by atoms with Gasteiger partial charge in [-0.25, -0.2) is 0 Å². The predicted molar refractivity (Wildman–Crippen MR) is 127 cm³/mol. The molecule has 0 N–H and O–H groups in total. The maximum atomic E-state index is 6.31. The Balaban J connectivity index is 1.72. The van der Waals surface area contributed by atoms with Crippen molar-refractivity contribution in [2.75, 3.05) is 0 Å². The first kappa shape index (κ1) is 21.0. The van der Waals surface area contributed by atoms with Crippen molar-refractivity contribution >= 4 is 37.7 Å². The third-order valence-corrected chi connectivity index (χ3v) is 6.15. The molecule has 0 amide bonds. The van der Waals surface area contributed by atoms with Crippen molar-refractivity contribution in [3.63, 3.8) is 0 Å². The van der Waals surface area contributed by atoms with Gasteiger partial charge in [0.15, 0.2) is 0 Å². The smallest absolute Gasteiger partial charge is 0.445 e. The van der Waals surface area contributed by atoms with Crippen LogP contribution in [0.15, 0.2) is 54.6 Å². The molecule has 3 aromatic carbocycles. The van der Waals surface area contributed by atoms with Gasteiger partial charge < -0.3 is 13.7 Å². The van der Waals surface area contributed by atoms with E-state index in [1.165, 1.54) is 33.4 Å². The van der Waals surface area contributed by atoms with Crippen LogP contribution in [0.1, 0.15) is 33.4 Å². The maximum Gasteiger partial charge on any atom is 0.467 e. The van der Waals surface area contributed by atoms with E-state index in [1.54, 1.807) is 0 Å². The summed E-state index contributed by atoms with van der Waals surface area (Å²) in [6, 6.07) is 19.0. The number of hydrogen-bond donors (Lipinski definition) is 0. The van der Waals surface area contributed by atoms with Gasteiger partial charge in [-0.15, -0.1) is 0 Å². The van der Waals surface area contributed by atoms with Gasteiger partial charge >= 0.3 is 21.4 Å². The summed E-state index contributed by atoms with van der Waals surface area (Å²) < 4.78 is 18.9. The second kappa shape index (κ2) is 8.46. The number of aryl methyl sites for hydroxylation is 6. The molecule has 0 bridgehead atoms. The Labute approximate surface area is 181 Å². The Morgan fingerprint density at radius 3 is 0.900 bits per heavy atom. The molecule has 1 heterocycles. The molecule has 1 fully saturated rings. The highest BCUT2D eigenvalue weighted by atomic mass is 16.7. The van der Waals surface area contributed by atoms with Crippen LogP contribution in [0.25, 0.3) is 0 Å². The van der Waals surface area contributed by atoms with E-state index in [4.69, 9.17) is 13.7 Å². The van der Waals surface area contributed by atoms with Gasteiger partial charge in [-0.05, 0) is 91.3 Å². The Morgan fingerprint density at radius 1 is 0.400 bits per heavy atom. The van der Waals surface area contributed by atoms with Crippen LogP contribution in [0.4, 0.5) is 0 Å². The lowest BCUT2D eigenvalue weighted by atomic mass is 9.61. The van der Waals surface area contributed by atoms with E-state index in [0.717, 1.165) is 16.4 Å². The van der Waals surface area contributed by atoms with Gasteiger partial charge in [0.25, 0.3) is 0 Å². The van der Waals surface area contributed by atoms with Gasteiger partial charge in [-0.3, -0.25) is 0 Å². The highest BCUT2D eigenvalue weighted by Gasteiger charge is 2.43. The lowest BCUT2D eigenvalue weighted by Crippen LogP contribution is -2.61. The molecule has 4 rings (SSSR count). The van der Waals surface area contributed by atoms with Gasteiger partial charge in [-0.2, -0.15) is 0 Å². The normalized spacial score (nSPS) is 14.4. The summed E-state index contributed by atoms with van der Waals surface area (Å²) in [6.45, 7) is 12.7. The summed E-state index contributed by atoms with van der Waals surface area (Å²) in [5.41, 5.74) is 10.4. The number of rotatable bonds is 3. The van der Waals surface area contributed by atoms with Crippen LogP contribution >= 0.6 is 0 Å². The van der Waals surface area contributed by atoms with Crippen LogP contribution in [0.5, 0.6) is 0 Å². The largest absolute Gasteiger partial charge is 0.467 e. The monoisotopic (exact) mass is 396 g/mol. The quantitative estimate of drug-likeness (QED) is 0.638. The minimum atomic E-state index is -0.503. The second-order valence-electron chi connectivity index (χ2n) is 8.44. The zero-order chi connectivity index (χ0) is 21.4. The molecule has 30 heavy (non-hydrogen) atoms. The Hall–Kier alpha value is -2.27. The van der Waals surface area contributed by atoms with Gasteiger partial charge in [0.2, 0.25) is 0 Å². The molecule has 0 aromatic heterocycles.